The largest absolute Gasteiger partial charge is 0.366 e. The number of carbonyl (C=O) groups excluding carboxylic acids is 2. The number of H-pyrrole nitrogens is 1. The van der Waals surface area contributed by atoms with E-state index < -0.39 is 5.91 Å². The highest BCUT2D eigenvalue weighted by atomic mass is 35.5. The molecule has 0 spiro atoms. The highest BCUT2D eigenvalue weighted by Crippen LogP contribution is 2.28. The molecule has 144 valence electrons. The van der Waals surface area contributed by atoms with Crippen molar-refractivity contribution in [2.75, 3.05) is 23.3 Å². The summed E-state index contributed by atoms with van der Waals surface area (Å²) in [4.78, 5) is 42.0. The number of hydrogen-bond acceptors (Lipinski definition) is 6. The third kappa shape index (κ3) is 3.48. The van der Waals surface area contributed by atoms with Crippen molar-refractivity contribution in [3.63, 3.8) is 0 Å². The van der Waals surface area contributed by atoms with Gasteiger partial charge in [0.25, 0.3) is 5.91 Å². The Kier molecular flexibility index (Phi) is 4.82. The number of nitrogens with one attached hydrogen (secondary N) is 2. The highest BCUT2D eigenvalue weighted by Gasteiger charge is 2.29. The molecule has 1 aliphatic rings. The molecule has 28 heavy (non-hydrogen) atoms. The minimum absolute atomic E-state index is 0.108. The van der Waals surface area contributed by atoms with Crippen LogP contribution in [0.1, 0.15) is 23.2 Å². The lowest BCUT2D eigenvalue weighted by Gasteiger charge is -2.33. The Balaban J connectivity index is 1.55. The number of amides is 2. The van der Waals surface area contributed by atoms with Gasteiger partial charge in [-0.3, -0.25) is 9.59 Å². The van der Waals surface area contributed by atoms with Gasteiger partial charge < -0.3 is 20.9 Å². The average Bonchev–Trinajstić information content (AvgIpc) is 3.16. The Bertz CT molecular complexity index is 1050. The first kappa shape index (κ1) is 18.2. The van der Waals surface area contributed by atoms with Gasteiger partial charge in [0.05, 0.1) is 23.5 Å². The minimum Gasteiger partial charge on any atom is -0.366 e. The van der Waals surface area contributed by atoms with E-state index in [0.29, 0.717) is 29.2 Å². The molecule has 1 fully saturated rings. The van der Waals surface area contributed by atoms with Gasteiger partial charge in [0.1, 0.15) is 5.52 Å². The summed E-state index contributed by atoms with van der Waals surface area (Å²) in [6.07, 6.45) is 3.08. The molecule has 0 bridgehead atoms. The van der Waals surface area contributed by atoms with E-state index in [1.165, 1.54) is 6.33 Å². The predicted octanol–water partition coefficient (Wildman–Crippen LogP) is 1.96. The second-order valence-electron chi connectivity index (χ2n) is 6.60. The Morgan fingerprint density at radius 3 is 2.93 bits per heavy atom. The van der Waals surface area contributed by atoms with Crippen LogP contribution in [0.15, 0.2) is 30.6 Å². The van der Waals surface area contributed by atoms with E-state index in [9.17, 15) is 9.59 Å². The van der Waals surface area contributed by atoms with Crippen LogP contribution in [0.25, 0.3) is 11.2 Å². The lowest BCUT2D eigenvalue weighted by atomic mass is 9.96. The number of piperidine rings is 1. The number of para-hydroxylation sites is 1. The van der Waals surface area contributed by atoms with Gasteiger partial charge >= 0.3 is 0 Å². The molecule has 9 nitrogen and oxygen atoms in total. The quantitative estimate of drug-likeness (QED) is 0.575. The van der Waals surface area contributed by atoms with Gasteiger partial charge in [0.15, 0.2) is 11.5 Å². The molecule has 1 atom stereocenters. The standard InChI is InChI=1S/C18H18ClN7O2/c19-18-24-15-13(21-9-22-15)16(25-18)26-7-3-4-10(8-26)17(28)23-12-6-2-1-5-11(12)14(20)27/h1-2,5-6,9-10H,3-4,7-8H2,(H2,20,27)(H,23,28)(H,21,22,24,25)/t10-/m0/s1. The zero-order valence-electron chi connectivity index (χ0n) is 14.9. The number of benzene rings is 1. The first-order chi connectivity index (χ1) is 13.5. The van der Waals surface area contributed by atoms with E-state index in [1.54, 1.807) is 24.3 Å². The smallest absolute Gasteiger partial charge is 0.250 e. The summed E-state index contributed by atoms with van der Waals surface area (Å²) in [5, 5.41) is 2.94. The summed E-state index contributed by atoms with van der Waals surface area (Å²) in [5.41, 5.74) is 7.25. The number of primary amides is 1. The molecule has 0 saturated carbocycles. The molecule has 1 aliphatic heterocycles. The monoisotopic (exact) mass is 399 g/mol. The van der Waals surface area contributed by atoms with Crippen LogP contribution >= 0.6 is 11.6 Å². The summed E-state index contributed by atoms with van der Waals surface area (Å²) in [6.45, 7) is 1.20. The maximum absolute atomic E-state index is 12.8. The van der Waals surface area contributed by atoms with Crippen LogP contribution < -0.4 is 16.0 Å². The third-order valence-corrected chi connectivity index (χ3v) is 4.95. The maximum Gasteiger partial charge on any atom is 0.250 e. The molecule has 1 saturated heterocycles. The molecule has 10 heteroatoms. The van der Waals surface area contributed by atoms with Crippen molar-refractivity contribution in [1.82, 2.24) is 19.9 Å². The number of nitrogens with zero attached hydrogens (tertiary/aromatic N) is 4. The van der Waals surface area contributed by atoms with Crippen molar-refractivity contribution in [1.29, 1.82) is 0 Å². The van der Waals surface area contributed by atoms with E-state index in [-0.39, 0.29) is 22.7 Å². The van der Waals surface area contributed by atoms with Crippen LogP contribution in [0.4, 0.5) is 11.5 Å². The van der Waals surface area contributed by atoms with Crippen molar-refractivity contribution in [2.45, 2.75) is 12.8 Å². The summed E-state index contributed by atoms with van der Waals surface area (Å²) in [6, 6.07) is 6.69. The number of aromatic nitrogens is 4. The zero-order valence-corrected chi connectivity index (χ0v) is 15.6. The average molecular weight is 400 g/mol. The molecule has 3 aromatic rings. The van der Waals surface area contributed by atoms with E-state index in [0.717, 1.165) is 19.4 Å². The van der Waals surface area contributed by atoms with E-state index in [4.69, 9.17) is 17.3 Å². The number of imidazole rings is 1. The Morgan fingerprint density at radius 1 is 1.29 bits per heavy atom. The van der Waals surface area contributed by atoms with Gasteiger partial charge in [-0.05, 0) is 36.6 Å². The molecular weight excluding hydrogens is 382 g/mol. The number of nitrogens with two attached hydrogens (primary N) is 1. The fraction of sp³-hybridized carbons (Fsp3) is 0.278. The number of rotatable bonds is 4. The number of hydrogen-bond donors (Lipinski definition) is 3. The van der Waals surface area contributed by atoms with Crippen molar-refractivity contribution in [2.24, 2.45) is 11.7 Å². The Morgan fingerprint density at radius 2 is 2.11 bits per heavy atom. The maximum atomic E-state index is 12.8. The molecule has 0 aliphatic carbocycles. The topological polar surface area (TPSA) is 130 Å². The van der Waals surface area contributed by atoms with Crippen LogP contribution in [-0.4, -0.2) is 44.8 Å². The van der Waals surface area contributed by atoms with Crippen molar-refractivity contribution >= 4 is 46.1 Å². The lowest BCUT2D eigenvalue weighted by Crippen LogP contribution is -2.41. The van der Waals surface area contributed by atoms with E-state index >= 15 is 0 Å². The number of fused-ring (bicyclic) bond motifs is 1. The molecule has 4 N–H and O–H groups in total. The molecule has 4 rings (SSSR count). The second-order valence-corrected chi connectivity index (χ2v) is 6.94. The van der Waals surface area contributed by atoms with Crippen LogP contribution in [0, 0.1) is 5.92 Å². The van der Waals surface area contributed by atoms with Gasteiger partial charge in [-0.15, -0.1) is 0 Å². The Labute approximate surface area is 165 Å². The molecule has 3 heterocycles. The molecule has 2 aromatic heterocycles. The van der Waals surface area contributed by atoms with Crippen molar-refractivity contribution in [3.05, 3.63) is 41.4 Å². The molecule has 0 unspecified atom stereocenters. The summed E-state index contributed by atoms with van der Waals surface area (Å²) >= 11 is 6.03. The predicted molar refractivity (Wildman–Crippen MR) is 105 cm³/mol. The molecule has 2 amide bonds. The van der Waals surface area contributed by atoms with Crippen molar-refractivity contribution in [3.8, 4) is 0 Å². The fourth-order valence-corrected chi connectivity index (χ4v) is 3.61. The van der Waals surface area contributed by atoms with Gasteiger partial charge in [-0.2, -0.15) is 9.97 Å². The summed E-state index contributed by atoms with van der Waals surface area (Å²) in [7, 11) is 0. The minimum atomic E-state index is -0.585. The first-order valence-corrected chi connectivity index (χ1v) is 9.22. The number of aromatic amines is 1. The first-order valence-electron chi connectivity index (χ1n) is 8.84. The zero-order chi connectivity index (χ0) is 19.7. The van der Waals surface area contributed by atoms with Crippen LogP contribution in [0.5, 0.6) is 0 Å². The van der Waals surface area contributed by atoms with E-state index in [1.807, 2.05) is 4.90 Å². The highest BCUT2D eigenvalue weighted by molar-refractivity contribution is 6.28. The fourth-order valence-electron chi connectivity index (χ4n) is 3.45. The van der Waals surface area contributed by atoms with Crippen molar-refractivity contribution < 1.29 is 9.59 Å². The number of halogens is 1. The van der Waals surface area contributed by atoms with Gasteiger partial charge in [-0.1, -0.05) is 12.1 Å². The van der Waals surface area contributed by atoms with Crippen LogP contribution in [0.3, 0.4) is 0 Å². The summed E-state index contributed by atoms with van der Waals surface area (Å²) < 4.78 is 0. The second kappa shape index (κ2) is 7.43. The summed E-state index contributed by atoms with van der Waals surface area (Å²) in [5.74, 6) is -0.401. The molecule has 1 aromatic carbocycles. The number of anilines is 2. The Hall–Kier alpha value is -3.20. The van der Waals surface area contributed by atoms with E-state index in [2.05, 4.69) is 25.3 Å². The van der Waals surface area contributed by atoms with Gasteiger partial charge in [0, 0.05) is 13.1 Å². The van der Waals surface area contributed by atoms with Gasteiger partial charge in [-0.25, -0.2) is 4.98 Å². The van der Waals surface area contributed by atoms with Crippen LogP contribution in [0.2, 0.25) is 5.28 Å². The number of carbonyl (C=O) groups is 2. The normalized spacial score (nSPS) is 16.9. The third-order valence-electron chi connectivity index (χ3n) is 4.78. The SMILES string of the molecule is NC(=O)c1ccccc1NC(=O)[C@H]1CCCN(c2nc(Cl)nc3nc[nH]c23)C1. The lowest BCUT2D eigenvalue weighted by molar-refractivity contribution is -0.120. The van der Waals surface area contributed by atoms with Gasteiger partial charge in [0.2, 0.25) is 11.2 Å². The molecular formula is C18H18ClN7O2. The van der Waals surface area contributed by atoms with Crippen LogP contribution in [-0.2, 0) is 4.79 Å². The molecule has 0 radical (unpaired) electrons.